The van der Waals surface area contributed by atoms with Gasteiger partial charge in [0.25, 0.3) is 0 Å². The maximum absolute atomic E-state index is 6.77. The number of fused-ring (bicyclic) bond motifs is 5. The molecule has 29 heavy (non-hydrogen) atoms. The first-order chi connectivity index (χ1) is 14.3. The molecule has 1 aliphatic carbocycles. The van der Waals surface area contributed by atoms with Crippen LogP contribution in [0.3, 0.4) is 0 Å². The molecule has 2 N–H and O–H groups in total. The molecule has 142 valence electrons. The maximum Gasteiger partial charge on any atom is 0.225 e. The van der Waals surface area contributed by atoms with Crippen molar-refractivity contribution in [2.75, 3.05) is 5.73 Å². The molecule has 4 heterocycles. The van der Waals surface area contributed by atoms with Crippen molar-refractivity contribution in [1.29, 1.82) is 0 Å². The molecule has 6 rings (SSSR count). The third-order valence-electron chi connectivity index (χ3n) is 6.12. The van der Waals surface area contributed by atoms with Crippen LogP contribution < -0.4 is 10.5 Å². The Bertz CT molecular complexity index is 1250. The largest absolute Gasteiger partial charge is 0.436 e. The van der Waals surface area contributed by atoms with E-state index in [1.807, 2.05) is 30.6 Å². The lowest BCUT2D eigenvalue weighted by Gasteiger charge is -2.32. The summed E-state index contributed by atoms with van der Waals surface area (Å²) in [5.41, 5.74) is 13.9. The van der Waals surface area contributed by atoms with Gasteiger partial charge in [-0.05, 0) is 55.0 Å². The van der Waals surface area contributed by atoms with Gasteiger partial charge >= 0.3 is 0 Å². The molecule has 0 saturated heterocycles. The van der Waals surface area contributed by atoms with Gasteiger partial charge in [-0.15, -0.1) is 0 Å². The Labute approximate surface area is 168 Å². The van der Waals surface area contributed by atoms with Crippen LogP contribution in [0.25, 0.3) is 10.9 Å². The van der Waals surface area contributed by atoms with E-state index in [-0.39, 0.29) is 5.92 Å². The Balaban J connectivity index is 1.68. The first-order valence-electron chi connectivity index (χ1n) is 10.1. The molecule has 3 aromatic heterocycles. The third-order valence-corrected chi connectivity index (χ3v) is 6.12. The van der Waals surface area contributed by atoms with Crippen LogP contribution in [0.5, 0.6) is 11.6 Å². The third kappa shape index (κ3) is 2.43. The van der Waals surface area contributed by atoms with E-state index in [4.69, 9.17) is 15.5 Å². The van der Waals surface area contributed by atoms with Gasteiger partial charge in [0.15, 0.2) is 5.75 Å². The monoisotopic (exact) mass is 380 g/mol. The molecule has 0 spiro atoms. The quantitative estimate of drug-likeness (QED) is 0.453. The zero-order valence-corrected chi connectivity index (χ0v) is 15.9. The lowest BCUT2D eigenvalue weighted by atomic mass is 9.80. The zero-order valence-electron chi connectivity index (χ0n) is 15.9. The van der Waals surface area contributed by atoms with Crippen LogP contribution in [0, 0.1) is 0 Å². The molecule has 0 fully saturated rings. The highest BCUT2D eigenvalue weighted by molar-refractivity contribution is 5.88. The van der Waals surface area contributed by atoms with Gasteiger partial charge in [0.2, 0.25) is 5.88 Å². The van der Waals surface area contributed by atoms with Gasteiger partial charge in [0.1, 0.15) is 5.52 Å². The van der Waals surface area contributed by atoms with Crippen LogP contribution in [0.4, 0.5) is 5.69 Å². The van der Waals surface area contributed by atoms with Crippen LogP contribution >= 0.6 is 0 Å². The van der Waals surface area contributed by atoms with E-state index in [1.165, 1.54) is 5.56 Å². The Morgan fingerprint density at radius 3 is 2.72 bits per heavy atom. The predicted octanol–water partition coefficient (Wildman–Crippen LogP) is 4.77. The second-order valence-electron chi connectivity index (χ2n) is 7.75. The van der Waals surface area contributed by atoms with Gasteiger partial charge < -0.3 is 10.5 Å². The highest BCUT2D eigenvalue weighted by Gasteiger charge is 2.35. The number of nitrogen functional groups attached to an aromatic ring is 1. The van der Waals surface area contributed by atoms with Crippen LogP contribution in [-0.2, 0) is 12.8 Å². The number of pyridine rings is 3. The van der Waals surface area contributed by atoms with E-state index < -0.39 is 0 Å². The van der Waals surface area contributed by atoms with Crippen molar-refractivity contribution >= 4 is 16.6 Å². The van der Waals surface area contributed by atoms with Crippen LogP contribution in [-0.4, -0.2) is 15.0 Å². The number of hydrogen-bond donors (Lipinski definition) is 1. The number of ether oxygens (including phenoxy) is 1. The van der Waals surface area contributed by atoms with Crippen molar-refractivity contribution in [2.24, 2.45) is 0 Å². The molecule has 1 atom stereocenters. The second-order valence-corrected chi connectivity index (χ2v) is 7.75. The lowest BCUT2D eigenvalue weighted by molar-refractivity contribution is 0.434. The average Bonchev–Trinajstić information content (AvgIpc) is 2.78. The summed E-state index contributed by atoms with van der Waals surface area (Å²) in [5, 5.41) is 1.05. The normalized spacial score (nSPS) is 17.2. The fourth-order valence-corrected chi connectivity index (χ4v) is 4.74. The zero-order chi connectivity index (χ0) is 19.4. The van der Waals surface area contributed by atoms with Crippen molar-refractivity contribution in [3.05, 3.63) is 82.9 Å². The fraction of sp³-hybridized carbons (Fsp3) is 0.208. The number of nitrogens with zero attached hydrogens (tertiary/aromatic N) is 3. The smallest absolute Gasteiger partial charge is 0.225 e. The van der Waals surface area contributed by atoms with E-state index in [0.29, 0.717) is 5.88 Å². The molecule has 1 unspecified atom stereocenters. The molecule has 2 aliphatic rings. The standard InChI is InChI=1S/C24H20N4O/c25-21-16-5-1-2-6-18(16)28-24-20(21)19(14-9-12-26-13-10-14)17-8-7-15-4-3-11-27-22(15)23(17)29-24/h3-4,7-13,19H,1-2,5-6H2,(H2,25,28). The summed E-state index contributed by atoms with van der Waals surface area (Å²) >= 11 is 0. The number of aryl methyl sites for hydroxylation is 1. The second kappa shape index (κ2) is 6.27. The van der Waals surface area contributed by atoms with E-state index in [9.17, 15) is 0 Å². The molecular weight excluding hydrogens is 360 g/mol. The Morgan fingerprint density at radius 1 is 0.966 bits per heavy atom. The molecule has 0 radical (unpaired) electrons. The van der Waals surface area contributed by atoms with Crippen molar-refractivity contribution in [1.82, 2.24) is 15.0 Å². The number of benzene rings is 1. The predicted molar refractivity (Wildman–Crippen MR) is 112 cm³/mol. The Hall–Kier alpha value is -3.47. The van der Waals surface area contributed by atoms with Crippen LogP contribution in [0.2, 0.25) is 0 Å². The Morgan fingerprint density at radius 2 is 1.83 bits per heavy atom. The molecule has 5 nitrogen and oxygen atoms in total. The van der Waals surface area contributed by atoms with Crippen LogP contribution in [0.1, 0.15) is 46.7 Å². The number of anilines is 1. The molecule has 5 heteroatoms. The van der Waals surface area contributed by atoms with E-state index in [0.717, 1.165) is 70.4 Å². The summed E-state index contributed by atoms with van der Waals surface area (Å²) in [4.78, 5) is 13.8. The number of hydrogen-bond acceptors (Lipinski definition) is 5. The van der Waals surface area contributed by atoms with E-state index >= 15 is 0 Å². The minimum Gasteiger partial charge on any atom is -0.436 e. The van der Waals surface area contributed by atoms with E-state index in [1.54, 1.807) is 6.20 Å². The summed E-state index contributed by atoms with van der Waals surface area (Å²) in [6.45, 7) is 0. The summed E-state index contributed by atoms with van der Waals surface area (Å²) < 4.78 is 6.42. The number of aromatic nitrogens is 3. The van der Waals surface area contributed by atoms with Gasteiger partial charge in [0.05, 0.1) is 0 Å². The first-order valence-corrected chi connectivity index (χ1v) is 10.1. The van der Waals surface area contributed by atoms with Gasteiger partial charge in [-0.2, -0.15) is 0 Å². The highest BCUT2D eigenvalue weighted by atomic mass is 16.5. The van der Waals surface area contributed by atoms with Crippen molar-refractivity contribution in [2.45, 2.75) is 31.6 Å². The summed E-state index contributed by atoms with van der Waals surface area (Å²) in [6.07, 6.45) is 9.69. The Kier molecular flexibility index (Phi) is 3.57. The summed E-state index contributed by atoms with van der Waals surface area (Å²) in [7, 11) is 0. The topological polar surface area (TPSA) is 73.9 Å². The molecule has 0 amide bonds. The molecule has 4 aromatic rings. The molecule has 0 bridgehead atoms. The molecular formula is C24H20N4O. The minimum atomic E-state index is -0.0529. The average molecular weight is 380 g/mol. The van der Waals surface area contributed by atoms with Gasteiger partial charge in [-0.3, -0.25) is 9.97 Å². The molecule has 0 saturated carbocycles. The molecule has 1 aliphatic heterocycles. The van der Waals surface area contributed by atoms with Crippen LogP contribution in [0.15, 0.2) is 55.0 Å². The SMILES string of the molecule is Nc1c2c(nc3c1C(c1ccncc1)c1ccc4cccnc4c1O3)CCCC2. The fourth-order valence-electron chi connectivity index (χ4n) is 4.74. The number of nitrogens with two attached hydrogens (primary N) is 1. The minimum absolute atomic E-state index is 0.0529. The lowest BCUT2D eigenvalue weighted by Crippen LogP contribution is -2.19. The van der Waals surface area contributed by atoms with Gasteiger partial charge in [-0.25, -0.2) is 4.98 Å². The highest BCUT2D eigenvalue weighted by Crippen LogP contribution is 2.52. The van der Waals surface area contributed by atoms with Crippen molar-refractivity contribution < 1.29 is 4.74 Å². The van der Waals surface area contributed by atoms with Crippen molar-refractivity contribution in [3.63, 3.8) is 0 Å². The van der Waals surface area contributed by atoms with E-state index in [2.05, 4.69) is 28.2 Å². The van der Waals surface area contributed by atoms with Gasteiger partial charge in [-0.1, -0.05) is 18.2 Å². The maximum atomic E-state index is 6.77. The first kappa shape index (κ1) is 16.5. The van der Waals surface area contributed by atoms with Gasteiger partial charge in [0, 0.05) is 52.4 Å². The number of rotatable bonds is 1. The van der Waals surface area contributed by atoms with Crippen molar-refractivity contribution in [3.8, 4) is 11.6 Å². The molecule has 1 aromatic carbocycles. The summed E-state index contributed by atoms with van der Waals surface area (Å²) in [6, 6.07) is 12.3. The summed E-state index contributed by atoms with van der Waals surface area (Å²) in [5.74, 6) is 1.35.